The smallest absolute Gasteiger partial charge is 0.224 e. The van der Waals surface area contributed by atoms with Gasteiger partial charge in [-0.15, -0.1) is 0 Å². The van der Waals surface area contributed by atoms with Gasteiger partial charge in [0.15, 0.2) is 11.5 Å². The van der Waals surface area contributed by atoms with E-state index >= 15 is 0 Å². The Morgan fingerprint density at radius 2 is 2.27 bits per heavy atom. The second kappa shape index (κ2) is 2.59. The Labute approximate surface area is 86.3 Å². The van der Waals surface area contributed by atoms with Crippen molar-refractivity contribution in [1.29, 1.82) is 0 Å². The third-order valence-electron chi connectivity index (χ3n) is 2.72. The summed E-state index contributed by atoms with van der Waals surface area (Å²) in [6.07, 6.45) is 3.91. The van der Waals surface area contributed by atoms with Crippen LogP contribution in [0.2, 0.25) is 0 Å². The lowest BCUT2D eigenvalue weighted by Crippen LogP contribution is -2.18. The molecular weight excluding hydrogens is 192 g/mol. The highest BCUT2D eigenvalue weighted by molar-refractivity contribution is 5.83. The van der Waals surface area contributed by atoms with Crippen LogP contribution in [0.15, 0.2) is 6.33 Å². The highest BCUT2D eigenvalue weighted by Crippen LogP contribution is 2.38. The van der Waals surface area contributed by atoms with Gasteiger partial charge >= 0.3 is 0 Å². The van der Waals surface area contributed by atoms with Gasteiger partial charge < -0.3 is 16.0 Å². The van der Waals surface area contributed by atoms with Crippen LogP contribution in [0, 0.1) is 0 Å². The van der Waals surface area contributed by atoms with Crippen molar-refractivity contribution in [3.63, 3.8) is 0 Å². The number of nitrogens with one attached hydrogen (secondary N) is 2. The molecule has 0 amide bonds. The monoisotopic (exact) mass is 204 g/mol. The summed E-state index contributed by atoms with van der Waals surface area (Å²) in [6.45, 7) is 2.16. The maximum absolute atomic E-state index is 5.61. The molecule has 1 aliphatic carbocycles. The summed E-state index contributed by atoms with van der Waals surface area (Å²) in [5.74, 6) is 0.997. The highest BCUT2D eigenvalue weighted by Gasteiger charge is 2.38. The molecule has 15 heavy (non-hydrogen) atoms. The molecule has 0 unspecified atom stereocenters. The van der Waals surface area contributed by atoms with Gasteiger partial charge in [-0.3, -0.25) is 0 Å². The van der Waals surface area contributed by atoms with E-state index in [0.29, 0.717) is 5.65 Å². The van der Waals surface area contributed by atoms with Crippen LogP contribution in [0.25, 0.3) is 11.2 Å². The summed E-state index contributed by atoms with van der Waals surface area (Å²) in [4.78, 5) is 15.3. The van der Waals surface area contributed by atoms with Crippen molar-refractivity contribution in [2.45, 2.75) is 25.3 Å². The fourth-order valence-electron chi connectivity index (χ4n) is 1.54. The fourth-order valence-corrected chi connectivity index (χ4v) is 1.54. The van der Waals surface area contributed by atoms with Gasteiger partial charge in [-0.1, -0.05) is 0 Å². The third kappa shape index (κ3) is 1.38. The molecule has 0 aromatic carbocycles. The van der Waals surface area contributed by atoms with Gasteiger partial charge in [0.05, 0.1) is 6.33 Å². The molecule has 2 aromatic rings. The molecule has 2 heterocycles. The third-order valence-corrected chi connectivity index (χ3v) is 2.72. The van der Waals surface area contributed by atoms with Gasteiger partial charge in [0.25, 0.3) is 0 Å². The van der Waals surface area contributed by atoms with Crippen LogP contribution < -0.4 is 11.1 Å². The number of nitrogens with two attached hydrogens (primary N) is 1. The maximum Gasteiger partial charge on any atom is 0.224 e. The zero-order valence-electron chi connectivity index (χ0n) is 8.41. The standard InChI is InChI=1S/C9H12N6/c1-9(2-3-9)15-7-5-6(12-4-11-5)13-8(10)14-7/h4H,2-3H2,1H3,(H4,10,11,12,13,14,15). The first-order valence-corrected chi connectivity index (χ1v) is 4.91. The Morgan fingerprint density at radius 3 is 3.00 bits per heavy atom. The fraction of sp³-hybridized carbons (Fsp3) is 0.444. The normalized spacial score (nSPS) is 17.9. The Kier molecular flexibility index (Phi) is 1.46. The van der Waals surface area contributed by atoms with Crippen LogP contribution in [0.5, 0.6) is 0 Å². The molecule has 3 rings (SSSR count). The van der Waals surface area contributed by atoms with Crippen molar-refractivity contribution >= 4 is 22.9 Å². The first kappa shape index (κ1) is 8.46. The van der Waals surface area contributed by atoms with Crippen LogP contribution in [-0.4, -0.2) is 25.5 Å². The van der Waals surface area contributed by atoms with Crippen LogP contribution in [0.3, 0.4) is 0 Å². The maximum atomic E-state index is 5.61. The Morgan fingerprint density at radius 1 is 1.47 bits per heavy atom. The van der Waals surface area contributed by atoms with Gasteiger partial charge in [-0.05, 0) is 19.8 Å². The molecule has 0 radical (unpaired) electrons. The second-order valence-electron chi connectivity index (χ2n) is 4.22. The minimum absolute atomic E-state index is 0.166. The van der Waals surface area contributed by atoms with Crippen molar-refractivity contribution in [1.82, 2.24) is 19.9 Å². The van der Waals surface area contributed by atoms with Gasteiger partial charge in [0.2, 0.25) is 5.95 Å². The van der Waals surface area contributed by atoms with Crippen LogP contribution >= 0.6 is 0 Å². The minimum Gasteiger partial charge on any atom is -0.368 e. The molecule has 0 aliphatic heterocycles. The molecule has 1 saturated carbocycles. The molecule has 0 spiro atoms. The SMILES string of the molecule is CC1(Nc2nc(N)nc3nc[nH]c23)CC1. The molecule has 2 aromatic heterocycles. The number of imidazole rings is 1. The van der Waals surface area contributed by atoms with Crippen LogP contribution in [-0.2, 0) is 0 Å². The second-order valence-corrected chi connectivity index (χ2v) is 4.22. The molecule has 6 heteroatoms. The van der Waals surface area contributed by atoms with Crippen molar-refractivity contribution in [3.8, 4) is 0 Å². The van der Waals surface area contributed by atoms with Crippen molar-refractivity contribution in [2.24, 2.45) is 0 Å². The Balaban J connectivity index is 2.11. The van der Waals surface area contributed by atoms with Gasteiger partial charge in [-0.2, -0.15) is 9.97 Å². The molecule has 6 nitrogen and oxygen atoms in total. The molecule has 1 aliphatic rings. The van der Waals surface area contributed by atoms with Crippen molar-refractivity contribution in [2.75, 3.05) is 11.1 Å². The number of aromatic nitrogens is 4. The summed E-state index contributed by atoms with van der Waals surface area (Å²) in [7, 11) is 0. The topological polar surface area (TPSA) is 92.5 Å². The molecule has 4 N–H and O–H groups in total. The minimum atomic E-state index is 0.166. The lowest BCUT2D eigenvalue weighted by Gasteiger charge is -2.12. The predicted molar refractivity (Wildman–Crippen MR) is 57.4 cm³/mol. The van der Waals surface area contributed by atoms with Gasteiger partial charge in [-0.25, -0.2) is 4.98 Å². The van der Waals surface area contributed by atoms with E-state index in [1.54, 1.807) is 6.33 Å². The lowest BCUT2D eigenvalue weighted by atomic mass is 10.3. The van der Waals surface area contributed by atoms with E-state index in [0.717, 1.165) is 24.2 Å². The summed E-state index contributed by atoms with van der Waals surface area (Å²) < 4.78 is 0. The van der Waals surface area contributed by atoms with Crippen molar-refractivity contribution < 1.29 is 0 Å². The van der Waals surface area contributed by atoms with E-state index in [9.17, 15) is 0 Å². The lowest BCUT2D eigenvalue weighted by molar-refractivity contribution is 0.822. The molecule has 0 atom stereocenters. The largest absolute Gasteiger partial charge is 0.368 e. The first-order valence-electron chi connectivity index (χ1n) is 4.91. The predicted octanol–water partition coefficient (Wildman–Crippen LogP) is 0.899. The number of anilines is 2. The van der Waals surface area contributed by atoms with Crippen molar-refractivity contribution in [3.05, 3.63) is 6.33 Å². The van der Waals surface area contributed by atoms with Crippen LogP contribution in [0.4, 0.5) is 11.8 Å². The summed E-state index contributed by atoms with van der Waals surface area (Å²) in [6, 6.07) is 0. The number of H-pyrrole nitrogens is 1. The average Bonchev–Trinajstić information content (AvgIpc) is 2.73. The summed E-state index contributed by atoms with van der Waals surface area (Å²) >= 11 is 0. The van der Waals surface area contributed by atoms with Gasteiger partial charge in [0, 0.05) is 5.54 Å². The summed E-state index contributed by atoms with van der Waals surface area (Å²) in [5.41, 5.74) is 7.20. The van der Waals surface area contributed by atoms with E-state index in [2.05, 4.69) is 32.2 Å². The number of hydrogen-bond acceptors (Lipinski definition) is 5. The molecule has 0 bridgehead atoms. The van der Waals surface area contributed by atoms with E-state index < -0.39 is 0 Å². The first-order chi connectivity index (χ1) is 7.16. The average molecular weight is 204 g/mol. The highest BCUT2D eigenvalue weighted by atomic mass is 15.2. The number of rotatable bonds is 2. The Hall–Kier alpha value is -1.85. The molecule has 1 fully saturated rings. The zero-order valence-corrected chi connectivity index (χ0v) is 8.41. The van der Waals surface area contributed by atoms with Crippen LogP contribution in [0.1, 0.15) is 19.8 Å². The Bertz CT molecular complexity index is 512. The number of aromatic amines is 1. The van der Waals surface area contributed by atoms with E-state index in [1.165, 1.54) is 0 Å². The van der Waals surface area contributed by atoms with Gasteiger partial charge in [0.1, 0.15) is 5.52 Å². The number of nitrogens with zero attached hydrogens (tertiary/aromatic N) is 3. The molecule has 0 saturated heterocycles. The molecule has 78 valence electrons. The van der Waals surface area contributed by atoms with E-state index in [-0.39, 0.29) is 11.5 Å². The van der Waals surface area contributed by atoms with E-state index in [4.69, 9.17) is 5.73 Å². The zero-order chi connectivity index (χ0) is 10.5. The number of fused-ring (bicyclic) bond motifs is 1. The van der Waals surface area contributed by atoms with E-state index in [1.807, 2.05) is 0 Å². The quantitative estimate of drug-likeness (QED) is 0.675. The number of hydrogen-bond donors (Lipinski definition) is 3. The molecular formula is C9H12N6. The summed E-state index contributed by atoms with van der Waals surface area (Å²) in [5, 5.41) is 3.36. The number of nitrogen functional groups attached to an aromatic ring is 1.